The SMILES string of the molecule is CCOC(=O)c1c(C)c(C(=O)COc2ccccc2)c(C)n1C. The zero-order valence-corrected chi connectivity index (χ0v) is 13.9. The average molecular weight is 315 g/mol. The Morgan fingerprint density at radius 2 is 1.78 bits per heavy atom. The highest BCUT2D eigenvalue weighted by atomic mass is 16.5. The number of hydrogen-bond acceptors (Lipinski definition) is 4. The van der Waals surface area contributed by atoms with Crippen molar-refractivity contribution in [3.63, 3.8) is 0 Å². The molecular weight excluding hydrogens is 294 g/mol. The molecule has 2 rings (SSSR count). The molecule has 0 bridgehead atoms. The first-order valence-electron chi connectivity index (χ1n) is 7.51. The van der Waals surface area contributed by atoms with E-state index in [1.54, 1.807) is 37.6 Å². The highest BCUT2D eigenvalue weighted by molar-refractivity contribution is 6.03. The van der Waals surface area contributed by atoms with Crippen LogP contribution in [0.15, 0.2) is 30.3 Å². The Hall–Kier alpha value is -2.56. The van der Waals surface area contributed by atoms with Gasteiger partial charge in [-0.3, -0.25) is 4.79 Å². The molecule has 122 valence electrons. The second kappa shape index (κ2) is 7.13. The van der Waals surface area contributed by atoms with Crippen molar-refractivity contribution in [1.29, 1.82) is 0 Å². The molecule has 0 fully saturated rings. The Morgan fingerprint density at radius 1 is 1.13 bits per heavy atom. The third-order valence-corrected chi connectivity index (χ3v) is 3.79. The number of esters is 1. The summed E-state index contributed by atoms with van der Waals surface area (Å²) < 4.78 is 12.3. The lowest BCUT2D eigenvalue weighted by atomic mass is 10.1. The molecule has 1 heterocycles. The van der Waals surface area contributed by atoms with Crippen LogP contribution in [0.5, 0.6) is 5.75 Å². The summed E-state index contributed by atoms with van der Waals surface area (Å²) in [5.41, 5.74) is 2.29. The molecule has 5 heteroatoms. The van der Waals surface area contributed by atoms with Crippen LogP contribution in [0, 0.1) is 13.8 Å². The first-order chi connectivity index (χ1) is 11.0. The van der Waals surface area contributed by atoms with Gasteiger partial charge >= 0.3 is 5.97 Å². The fraction of sp³-hybridized carbons (Fsp3) is 0.333. The van der Waals surface area contributed by atoms with Crippen molar-refractivity contribution < 1.29 is 19.1 Å². The number of ether oxygens (including phenoxy) is 2. The lowest BCUT2D eigenvalue weighted by Gasteiger charge is -2.06. The molecule has 5 nitrogen and oxygen atoms in total. The van der Waals surface area contributed by atoms with Gasteiger partial charge < -0.3 is 14.0 Å². The summed E-state index contributed by atoms with van der Waals surface area (Å²) in [6.07, 6.45) is 0. The molecule has 0 radical (unpaired) electrons. The molecule has 0 N–H and O–H groups in total. The number of carbonyl (C=O) groups is 2. The highest BCUT2D eigenvalue weighted by Gasteiger charge is 2.25. The van der Waals surface area contributed by atoms with Gasteiger partial charge in [-0.1, -0.05) is 18.2 Å². The van der Waals surface area contributed by atoms with Gasteiger partial charge in [-0.2, -0.15) is 0 Å². The van der Waals surface area contributed by atoms with E-state index < -0.39 is 5.97 Å². The van der Waals surface area contributed by atoms with Gasteiger partial charge in [0.1, 0.15) is 11.4 Å². The van der Waals surface area contributed by atoms with Crippen LogP contribution in [0.1, 0.15) is 39.0 Å². The molecular formula is C18H21NO4. The number of nitrogens with zero attached hydrogens (tertiary/aromatic N) is 1. The predicted molar refractivity (Wildman–Crippen MR) is 87.1 cm³/mol. The predicted octanol–water partition coefficient (Wildman–Crippen LogP) is 3.08. The Labute approximate surface area is 135 Å². The van der Waals surface area contributed by atoms with Crippen LogP contribution in [0.4, 0.5) is 0 Å². The van der Waals surface area contributed by atoms with Crippen LogP contribution >= 0.6 is 0 Å². The molecule has 0 aliphatic rings. The summed E-state index contributed by atoms with van der Waals surface area (Å²) in [7, 11) is 1.75. The number of carbonyl (C=O) groups excluding carboxylic acids is 2. The van der Waals surface area contributed by atoms with E-state index in [1.807, 2.05) is 25.1 Å². The number of ketones is 1. The van der Waals surface area contributed by atoms with Gasteiger partial charge in [-0.05, 0) is 38.5 Å². The second-order valence-corrected chi connectivity index (χ2v) is 5.24. The molecule has 0 spiro atoms. The highest BCUT2D eigenvalue weighted by Crippen LogP contribution is 2.23. The van der Waals surface area contributed by atoms with Gasteiger partial charge in [-0.25, -0.2) is 4.79 Å². The molecule has 2 aromatic rings. The minimum absolute atomic E-state index is 0.0715. The Balaban J connectivity index is 2.23. The third kappa shape index (κ3) is 3.44. The summed E-state index contributed by atoms with van der Waals surface area (Å²) in [4.78, 5) is 24.6. The van der Waals surface area contributed by atoms with Crippen molar-refractivity contribution in [2.75, 3.05) is 13.2 Å². The van der Waals surface area contributed by atoms with Crippen LogP contribution in [0.25, 0.3) is 0 Å². The number of para-hydroxylation sites is 1. The maximum atomic E-state index is 12.5. The van der Waals surface area contributed by atoms with E-state index in [0.29, 0.717) is 29.2 Å². The number of aromatic nitrogens is 1. The first-order valence-corrected chi connectivity index (χ1v) is 7.51. The van der Waals surface area contributed by atoms with Crippen LogP contribution in [-0.4, -0.2) is 29.5 Å². The maximum absolute atomic E-state index is 12.5. The zero-order valence-electron chi connectivity index (χ0n) is 13.9. The normalized spacial score (nSPS) is 10.4. The van der Waals surface area contributed by atoms with Gasteiger partial charge in [0.25, 0.3) is 0 Å². The summed E-state index contributed by atoms with van der Waals surface area (Å²) in [5.74, 6) is 0.0614. The lowest BCUT2D eigenvalue weighted by Crippen LogP contribution is -2.13. The average Bonchev–Trinajstić information content (AvgIpc) is 2.76. The number of benzene rings is 1. The van der Waals surface area contributed by atoms with Gasteiger partial charge in [0, 0.05) is 18.3 Å². The van der Waals surface area contributed by atoms with Gasteiger partial charge in [0.2, 0.25) is 5.78 Å². The van der Waals surface area contributed by atoms with E-state index in [0.717, 1.165) is 5.69 Å². The molecule has 0 atom stereocenters. The first kappa shape index (κ1) is 16.8. The molecule has 0 saturated carbocycles. The van der Waals surface area contributed by atoms with Crippen molar-refractivity contribution in [2.45, 2.75) is 20.8 Å². The fourth-order valence-corrected chi connectivity index (χ4v) is 2.61. The Bertz CT molecular complexity index is 716. The summed E-state index contributed by atoms with van der Waals surface area (Å²) >= 11 is 0. The third-order valence-electron chi connectivity index (χ3n) is 3.79. The maximum Gasteiger partial charge on any atom is 0.355 e. The van der Waals surface area contributed by atoms with Crippen molar-refractivity contribution >= 4 is 11.8 Å². The standard InChI is InChI=1S/C18H21NO4/c1-5-22-18(21)17-12(2)16(13(3)19(17)4)15(20)11-23-14-9-7-6-8-10-14/h6-10H,5,11H2,1-4H3. The summed E-state index contributed by atoms with van der Waals surface area (Å²) in [5, 5.41) is 0. The molecule has 23 heavy (non-hydrogen) atoms. The van der Waals surface area contributed by atoms with Crippen LogP contribution in [0.3, 0.4) is 0 Å². The number of Topliss-reactive ketones (excluding diaryl/α,β-unsaturated/α-hetero) is 1. The molecule has 0 amide bonds. The number of hydrogen-bond donors (Lipinski definition) is 0. The van der Waals surface area contributed by atoms with E-state index in [1.165, 1.54) is 0 Å². The number of rotatable bonds is 6. The van der Waals surface area contributed by atoms with Gasteiger partial charge in [-0.15, -0.1) is 0 Å². The monoisotopic (exact) mass is 315 g/mol. The van der Waals surface area contributed by atoms with Crippen molar-refractivity contribution in [2.24, 2.45) is 7.05 Å². The quantitative estimate of drug-likeness (QED) is 0.607. The van der Waals surface area contributed by atoms with Crippen molar-refractivity contribution in [3.8, 4) is 5.75 Å². The smallest absolute Gasteiger partial charge is 0.355 e. The second-order valence-electron chi connectivity index (χ2n) is 5.24. The molecule has 0 saturated heterocycles. The topological polar surface area (TPSA) is 57.5 Å². The molecule has 1 aromatic carbocycles. The van der Waals surface area contributed by atoms with Crippen molar-refractivity contribution in [1.82, 2.24) is 4.57 Å². The largest absolute Gasteiger partial charge is 0.485 e. The summed E-state index contributed by atoms with van der Waals surface area (Å²) in [6.45, 7) is 5.55. The van der Waals surface area contributed by atoms with E-state index in [4.69, 9.17) is 9.47 Å². The minimum atomic E-state index is -0.418. The zero-order chi connectivity index (χ0) is 17.0. The molecule has 1 aromatic heterocycles. The Kier molecular flexibility index (Phi) is 5.21. The molecule has 0 aliphatic heterocycles. The van der Waals surface area contributed by atoms with Gasteiger partial charge in [0.15, 0.2) is 6.61 Å². The van der Waals surface area contributed by atoms with E-state index >= 15 is 0 Å². The fourth-order valence-electron chi connectivity index (χ4n) is 2.61. The lowest BCUT2D eigenvalue weighted by molar-refractivity contribution is 0.0514. The van der Waals surface area contributed by atoms with E-state index in [-0.39, 0.29) is 12.4 Å². The van der Waals surface area contributed by atoms with Crippen LogP contribution in [-0.2, 0) is 11.8 Å². The van der Waals surface area contributed by atoms with Gasteiger partial charge in [0.05, 0.1) is 6.61 Å². The Morgan fingerprint density at radius 3 is 2.39 bits per heavy atom. The van der Waals surface area contributed by atoms with Crippen LogP contribution in [0.2, 0.25) is 0 Å². The molecule has 0 unspecified atom stereocenters. The minimum Gasteiger partial charge on any atom is -0.485 e. The van der Waals surface area contributed by atoms with Crippen molar-refractivity contribution in [3.05, 3.63) is 52.8 Å². The van der Waals surface area contributed by atoms with E-state index in [2.05, 4.69) is 0 Å². The summed E-state index contributed by atoms with van der Waals surface area (Å²) in [6, 6.07) is 9.16. The molecule has 0 aliphatic carbocycles. The van der Waals surface area contributed by atoms with Crippen LogP contribution < -0.4 is 4.74 Å². The van der Waals surface area contributed by atoms with E-state index in [9.17, 15) is 9.59 Å².